The van der Waals surface area contributed by atoms with E-state index in [1.165, 1.54) is 17.0 Å². The minimum atomic E-state index is -0.853. The van der Waals surface area contributed by atoms with Crippen LogP contribution < -0.4 is 9.64 Å². The number of amides is 1. The van der Waals surface area contributed by atoms with Gasteiger partial charge in [0.2, 0.25) is 5.91 Å². The first-order chi connectivity index (χ1) is 12.5. The van der Waals surface area contributed by atoms with Crippen molar-refractivity contribution in [2.75, 3.05) is 31.2 Å². The van der Waals surface area contributed by atoms with Crippen LogP contribution in [0, 0.1) is 10.1 Å². The van der Waals surface area contributed by atoms with E-state index in [2.05, 4.69) is 10.0 Å². The molecule has 1 heterocycles. The molecule has 0 bridgehead atoms. The number of rotatable bonds is 9. The Hall–Kier alpha value is -2.88. The largest absolute Gasteiger partial charge is 0.485 e. The molecule has 0 unspecified atom stereocenters. The molecule has 0 spiro atoms. The molecule has 2 N–H and O–H groups in total. The van der Waals surface area contributed by atoms with Gasteiger partial charge in [0.05, 0.1) is 18.1 Å². The molecule has 11 nitrogen and oxygen atoms in total. The van der Waals surface area contributed by atoms with Gasteiger partial charge in [-0.1, -0.05) is 5.11 Å². The summed E-state index contributed by atoms with van der Waals surface area (Å²) in [4.78, 5) is 27.2. The fourth-order valence-corrected chi connectivity index (χ4v) is 2.78. The Labute approximate surface area is 148 Å². The van der Waals surface area contributed by atoms with Crippen molar-refractivity contribution in [3.8, 4) is 5.75 Å². The van der Waals surface area contributed by atoms with Crippen LogP contribution in [0.3, 0.4) is 0 Å². The summed E-state index contributed by atoms with van der Waals surface area (Å²) in [5, 5.41) is 33.1. The molecule has 26 heavy (non-hydrogen) atoms. The van der Waals surface area contributed by atoms with Gasteiger partial charge in [-0.05, 0) is 24.4 Å². The smallest absolute Gasteiger partial charge is 0.293 e. The monoisotopic (exact) mass is 365 g/mol. The standard InChI is InChI=1S/C15H19N5O6/c16-18-17-6-1-2-14(23)19-7-5-11-13(26-10(8-21)9-22)4-3-12(15(11)19)20(24)25/h3-4,10,21-22H,1-2,5-9H2. The van der Waals surface area contributed by atoms with Crippen LogP contribution in [-0.2, 0) is 11.2 Å². The van der Waals surface area contributed by atoms with E-state index in [-0.39, 0.29) is 36.8 Å². The Balaban J connectivity index is 2.31. The van der Waals surface area contributed by atoms with Crippen LogP contribution in [0.1, 0.15) is 18.4 Å². The van der Waals surface area contributed by atoms with Crippen molar-refractivity contribution in [1.29, 1.82) is 0 Å². The lowest BCUT2D eigenvalue weighted by Crippen LogP contribution is -2.29. The maximum atomic E-state index is 12.4. The lowest BCUT2D eigenvalue weighted by atomic mass is 10.1. The normalized spacial score (nSPS) is 12.7. The molecule has 0 fully saturated rings. The van der Waals surface area contributed by atoms with Crippen LogP contribution in [-0.4, -0.2) is 53.5 Å². The maximum Gasteiger partial charge on any atom is 0.293 e. The summed E-state index contributed by atoms with van der Waals surface area (Å²) in [5.74, 6) is -0.0129. The van der Waals surface area contributed by atoms with Gasteiger partial charge in [-0.15, -0.1) is 0 Å². The minimum absolute atomic E-state index is 0.0939. The lowest BCUT2D eigenvalue weighted by Gasteiger charge is -2.19. The molecule has 0 aliphatic carbocycles. The number of hydrogen-bond donors (Lipinski definition) is 2. The predicted molar refractivity (Wildman–Crippen MR) is 91.0 cm³/mol. The molecule has 1 amide bonds. The van der Waals surface area contributed by atoms with Crippen molar-refractivity contribution < 1.29 is 24.7 Å². The number of hydrogen-bond acceptors (Lipinski definition) is 7. The lowest BCUT2D eigenvalue weighted by molar-refractivity contribution is -0.384. The molecule has 1 aromatic rings. The Kier molecular flexibility index (Phi) is 6.73. The molecule has 0 saturated heterocycles. The molecule has 1 aliphatic heterocycles. The van der Waals surface area contributed by atoms with Crippen molar-refractivity contribution in [2.24, 2.45) is 5.11 Å². The highest BCUT2D eigenvalue weighted by Crippen LogP contribution is 2.42. The van der Waals surface area contributed by atoms with Crippen molar-refractivity contribution in [3.05, 3.63) is 38.3 Å². The summed E-state index contributed by atoms with van der Waals surface area (Å²) in [5.41, 5.74) is 8.71. The Morgan fingerprint density at radius 1 is 1.46 bits per heavy atom. The van der Waals surface area contributed by atoms with Crippen molar-refractivity contribution >= 4 is 17.3 Å². The summed E-state index contributed by atoms with van der Waals surface area (Å²) in [6, 6.07) is 2.65. The quantitative estimate of drug-likeness (QED) is 0.167. The minimum Gasteiger partial charge on any atom is -0.485 e. The van der Waals surface area contributed by atoms with Gasteiger partial charge >= 0.3 is 0 Å². The van der Waals surface area contributed by atoms with Crippen molar-refractivity contribution in [1.82, 2.24) is 0 Å². The summed E-state index contributed by atoms with van der Waals surface area (Å²) < 4.78 is 5.52. The van der Waals surface area contributed by atoms with Gasteiger partial charge < -0.3 is 19.8 Å². The van der Waals surface area contributed by atoms with Gasteiger partial charge in [0.25, 0.3) is 5.69 Å². The molecule has 2 rings (SSSR count). The van der Waals surface area contributed by atoms with Gasteiger partial charge in [0.1, 0.15) is 17.5 Å². The summed E-state index contributed by atoms with van der Waals surface area (Å²) in [6.07, 6.45) is -0.0566. The van der Waals surface area contributed by atoms with E-state index in [4.69, 9.17) is 20.5 Å². The van der Waals surface area contributed by atoms with Crippen LogP contribution in [0.5, 0.6) is 5.75 Å². The number of nitro groups is 1. The number of ether oxygens (including phenoxy) is 1. The van der Waals surface area contributed by atoms with E-state index in [1.54, 1.807) is 0 Å². The average Bonchev–Trinajstić information content (AvgIpc) is 3.08. The molecule has 0 radical (unpaired) electrons. The zero-order valence-electron chi connectivity index (χ0n) is 13.9. The zero-order valence-corrected chi connectivity index (χ0v) is 13.9. The van der Waals surface area contributed by atoms with Crippen LogP contribution in [0.25, 0.3) is 10.4 Å². The van der Waals surface area contributed by atoms with E-state index in [0.29, 0.717) is 24.2 Å². The van der Waals surface area contributed by atoms with E-state index in [1.807, 2.05) is 0 Å². The number of carbonyl (C=O) groups excluding carboxylic acids is 1. The average molecular weight is 365 g/mol. The highest BCUT2D eigenvalue weighted by molar-refractivity contribution is 5.98. The first-order valence-electron chi connectivity index (χ1n) is 8.03. The Bertz CT molecular complexity index is 729. The molecular weight excluding hydrogens is 346 g/mol. The molecule has 1 aromatic carbocycles. The first-order valence-corrected chi connectivity index (χ1v) is 8.03. The highest BCUT2D eigenvalue weighted by atomic mass is 16.6. The van der Waals surface area contributed by atoms with E-state index >= 15 is 0 Å². The number of carbonyl (C=O) groups is 1. The van der Waals surface area contributed by atoms with Crippen LogP contribution in [0.4, 0.5) is 11.4 Å². The number of nitrogens with zero attached hydrogens (tertiary/aromatic N) is 5. The van der Waals surface area contributed by atoms with Crippen molar-refractivity contribution in [2.45, 2.75) is 25.4 Å². The number of benzene rings is 1. The third-order valence-electron chi connectivity index (χ3n) is 3.98. The number of aliphatic hydroxyl groups is 2. The highest BCUT2D eigenvalue weighted by Gasteiger charge is 2.34. The number of fused-ring (bicyclic) bond motifs is 1. The summed E-state index contributed by atoms with van der Waals surface area (Å²) >= 11 is 0. The predicted octanol–water partition coefficient (Wildman–Crippen LogP) is 1.31. The van der Waals surface area contributed by atoms with Crippen LogP contribution in [0.15, 0.2) is 17.2 Å². The van der Waals surface area contributed by atoms with Crippen LogP contribution in [0.2, 0.25) is 0 Å². The van der Waals surface area contributed by atoms with E-state index in [9.17, 15) is 14.9 Å². The zero-order chi connectivity index (χ0) is 19.1. The first kappa shape index (κ1) is 19.4. The van der Waals surface area contributed by atoms with E-state index in [0.717, 1.165) is 0 Å². The van der Waals surface area contributed by atoms with Crippen molar-refractivity contribution in [3.63, 3.8) is 0 Å². The fourth-order valence-electron chi connectivity index (χ4n) is 2.78. The van der Waals surface area contributed by atoms with E-state index < -0.39 is 24.2 Å². The Morgan fingerprint density at radius 3 is 2.81 bits per heavy atom. The molecule has 0 aromatic heterocycles. The maximum absolute atomic E-state index is 12.4. The van der Waals surface area contributed by atoms with Gasteiger partial charge in [0, 0.05) is 36.1 Å². The van der Waals surface area contributed by atoms with Gasteiger partial charge in [-0.3, -0.25) is 14.9 Å². The second-order valence-corrected chi connectivity index (χ2v) is 5.63. The number of nitro benzene ring substituents is 1. The summed E-state index contributed by atoms with van der Waals surface area (Å²) in [7, 11) is 0. The molecular formula is C15H19N5O6. The molecule has 1 aliphatic rings. The second-order valence-electron chi connectivity index (χ2n) is 5.63. The fraction of sp³-hybridized carbons (Fsp3) is 0.533. The molecule has 11 heteroatoms. The third kappa shape index (κ3) is 4.20. The summed E-state index contributed by atoms with van der Waals surface area (Å²) in [6.45, 7) is -0.392. The molecule has 140 valence electrons. The number of aliphatic hydroxyl groups excluding tert-OH is 2. The molecule has 0 saturated carbocycles. The molecule has 0 atom stereocenters. The number of azide groups is 1. The third-order valence-corrected chi connectivity index (χ3v) is 3.98. The van der Waals surface area contributed by atoms with Gasteiger partial charge in [0.15, 0.2) is 0 Å². The number of anilines is 1. The second kappa shape index (κ2) is 8.99. The van der Waals surface area contributed by atoms with Gasteiger partial charge in [-0.25, -0.2) is 0 Å². The Morgan fingerprint density at radius 2 is 2.19 bits per heavy atom. The van der Waals surface area contributed by atoms with Gasteiger partial charge in [-0.2, -0.15) is 0 Å². The SMILES string of the molecule is [N-]=[N+]=NCCCC(=O)N1CCc2c(OC(CO)CO)ccc([N+](=O)[O-])c21. The van der Waals surface area contributed by atoms with Crippen LogP contribution >= 0.6 is 0 Å². The topological polar surface area (TPSA) is 162 Å².